The van der Waals surface area contributed by atoms with Crippen LogP contribution in [0.2, 0.25) is 0 Å². The molecule has 1 saturated heterocycles. The first kappa shape index (κ1) is 20.8. The molecule has 0 aliphatic carbocycles. The summed E-state index contributed by atoms with van der Waals surface area (Å²) in [5.74, 6) is 0.860. The van der Waals surface area contributed by atoms with Gasteiger partial charge in [-0.15, -0.1) is 0 Å². The normalized spacial score (nSPS) is 16.6. The summed E-state index contributed by atoms with van der Waals surface area (Å²) in [5.41, 5.74) is 1.38. The van der Waals surface area contributed by atoms with Crippen LogP contribution in [0, 0.1) is 10.1 Å². The molecule has 3 rings (SSSR count). The first-order valence-electron chi connectivity index (χ1n) is 10.0. The fourth-order valence-electron chi connectivity index (χ4n) is 3.81. The molecule has 0 radical (unpaired) electrons. The number of guanidine groups is 1. The van der Waals surface area contributed by atoms with Gasteiger partial charge in [-0.3, -0.25) is 24.7 Å². The van der Waals surface area contributed by atoms with Gasteiger partial charge in [-0.05, 0) is 12.0 Å². The van der Waals surface area contributed by atoms with Crippen LogP contribution in [0.4, 0.5) is 5.69 Å². The molecule has 1 fully saturated rings. The monoisotopic (exact) mass is 399 g/mol. The van der Waals surface area contributed by atoms with Gasteiger partial charge in [0.05, 0.1) is 11.5 Å². The second-order valence-corrected chi connectivity index (χ2v) is 7.05. The van der Waals surface area contributed by atoms with Crippen molar-refractivity contribution in [3.8, 4) is 0 Å². The Morgan fingerprint density at radius 3 is 2.59 bits per heavy atom. The van der Waals surface area contributed by atoms with Gasteiger partial charge in [-0.1, -0.05) is 37.3 Å². The van der Waals surface area contributed by atoms with Crippen LogP contribution in [0.25, 0.3) is 0 Å². The molecule has 1 aliphatic rings. The predicted octanol–water partition coefficient (Wildman–Crippen LogP) is 2.14. The summed E-state index contributed by atoms with van der Waals surface area (Å²) in [4.78, 5) is 19.5. The summed E-state index contributed by atoms with van der Waals surface area (Å²) < 4.78 is 1.57. The Hall–Kier alpha value is -2.94. The molecule has 2 aromatic rings. The minimum Gasteiger partial charge on any atom is -0.354 e. The van der Waals surface area contributed by atoms with Crippen LogP contribution in [0.5, 0.6) is 0 Å². The highest BCUT2D eigenvalue weighted by Gasteiger charge is 2.25. The van der Waals surface area contributed by atoms with Gasteiger partial charge in [-0.25, -0.2) is 0 Å². The van der Waals surface area contributed by atoms with Crippen LogP contribution < -0.4 is 5.32 Å². The highest BCUT2D eigenvalue weighted by molar-refractivity contribution is 5.79. The average molecular weight is 399 g/mol. The topological polar surface area (TPSA) is 91.8 Å². The molecule has 1 aliphatic heterocycles. The number of hydrogen-bond acceptors (Lipinski definition) is 5. The van der Waals surface area contributed by atoms with Crippen LogP contribution in [0.3, 0.4) is 0 Å². The van der Waals surface area contributed by atoms with Crippen molar-refractivity contribution >= 4 is 11.6 Å². The van der Waals surface area contributed by atoms with Crippen LogP contribution in [-0.2, 0) is 6.54 Å². The standard InChI is InChI=1S/C20H29N7O2/c1-3-19(17-7-5-4-6-8-17)24-11-13-25(14-12-24)20(21-2)22-9-10-26-16-18(15-23-26)27(28)29/h4-8,15-16,19H,3,9-14H2,1-2H3,(H,21,22). The van der Waals surface area contributed by atoms with Crippen molar-refractivity contribution in [2.45, 2.75) is 25.9 Å². The van der Waals surface area contributed by atoms with E-state index in [0.29, 0.717) is 19.1 Å². The largest absolute Gasteiger partial charge is 0.354 e. The van der Waals surface area contributed by atoms with Crippen LogP contribution in [0.1, 0.15) is 24.9 Å². The number of aromatic nitrogens is 2. The zero-order valence-electron chi connectivity index (χ0n) is 17.1. The Morgan fingerprint density at radius 2 is 2.00 bits per heavy atom. The highest BCUT2D eigenvalue weighted by Crippen LogP contribution is 2.25. The summed E-state index contributed by atoms with van der Waals surface area (Å²) in [6, 6.07) is 11.1. The van der Waals surface area contributed by atoms with Gasteiger partial charge >= 0.3 is 5.69 Å². The van der Waals surface area contributed by atoms with E-state index >= 15 is 0 Å². The van der Waals surface area contributed by atoms with Crippen molar-refractivity contribution in [1.82, 2.24) is 24.9 Å². The number of benzene rings is 1. The summed E-state index contributed by atoms with van der Waals surface area (Å²) in [5, 5.41) is 18.1. The minimum absolute atomic E-state index is 0.00870. The number of hydrogen-bond donors (Lipinski definition) is 1. The highest BCUT2D eigenvalue weighted by atomic mass is 16.6. The van der Waals surface area contributed by atoms with Crippen molar-refractivity contribution in [2.24, 2.45) is 4.99 Å². The number of nitro groups is 1. The summed E-state index contributed by atoms with van der Waals surface area (Å²) in [6.07, 6.45) is 3.80. The van der Waals surface area contributed by atoms with E-state index in [1.165, 1.54) is 18.0 Å². The van der Waals surface area contributed by atoms with Gasteiger partial charge in [0.2, 0.25) is 0 Å². The quantitative estimate of drug-likeness (QED) is 0.332. The minimum atomic E-state index is -0.436. The first-order valence-corrected chi connectivity index (χ1v) is 10.0. The van der Waals surface area contributed by atoms with E-state index in [-0.39, 0.29) is 5.69 Å². The fourth-order valence-corrected chi connectivity index (χ4v) is 3.81. The number of nitrogens with one attached hydrogen (secondary N) is 1. The second-order valence-electron chi connectivity index (χ2n) is 7.05. The molecule has 2 heterocycles. The first-order chi connectivity index (χ1) is 14.1. The maximum Gasteiger partial charge on any atom is 0.306 e. The SMILES string of the molecule is CCC(c1ccccc1)N1CCN(C(=NC)NCCn2cc([N+](=O)[O-])cn2)CC1. The van der Waals surface area contributed by atoms with Gasteiger partial charge < -0.3 is 10.2 Å². The number of aliphatic imine (C=N–C) groups is 1. The van der Waals surface area contributed by atoms with Gasteiger partial charge in [0, 0.05) is 45.8 Å². The second kappa shape index (κ2) is 10.0. The maximum absolute atomic E-state index is 10.7. The van der Waals surface area contributed by atoms with Crippen molar-refractivity contribution in [3.05, 3.63) is 58.4 Å². The lowest BCUT2D eigenvalue weighted by Gasteiger charge is -2.40. The lowest BCUT2D eigenvalue weighted by Crippen LogP contribution is -2.53. The van der Waals surface area contributed by atoms with Gasteiger partial charge in [0.1, 0.15) is 12.4 Å². The molecule has 156 valence electrons. The third-order valence-electron chi connectivity index (χ3n) is 5.29. The molecule has 1 atom stereocenters. The molecule has 0 amide bonds. The Labute approximate surface area is 171 Å². The molecule has 0 saturated carbocycles. The molecule has 1 unspecified atom stereocenters. The Balaban J connectivity index is 1.48. The van der Waals surface area contributed by atoms with Crippen LogP contribution >= 0.6 is 0 Å². The summed E-state index contributed by atoms with van der Waals surface area (Å²) in [6.45, 7) is 7.18. The maximum atomic E-state index is 10.7. The molecule has 1 N–H and O–H groups in total. The third kappa shape index (κ3) is 5.32. The van der Waals surface area contributed by atoms with Crippen molar-refractivity contribution in [1.29, 1.82) is 0 Å². The van der Waals surface area contributed by atoms with Crippen LogP contribution in [-0.4, -0.2) is 70.2 Å². The Morgan fingerprint density at radius 1 is 1.28 bits per heavy atom. The third-order valence-corrected chi connectivity index (χ3v) is 5.29. The van der Waals surface area contributed by atoms with Crippen molar-refractivity contribution < 1.29 is 4.92 Å². The summed E-state index contributed by atoms with van der Waals surface area (Å²) in [7, 11) is 1.78. The van der Waals surface area contributed by atoms with E-state index in [4.69, 9.17) is 0 Å². The number of piperazine rings is 1. The lowest BCUT2D eigenvalue weighted by atomic mass is 10.0. The Kier molecular flexibility index (Phi) is 7.18. The van der Waals surface area contributed by atoms with Crippen molar-refractivity contribution in [2.75, 3.05) is 39.8 Å². The van der Waals surface area contributed by atoms with E-state index in [2.05, 4.69) is 62.5 Å². The lowest BCUT2D eigenvalue weighted by molar-refractivity contribution is -0.385. The fraction of sp³-hybridized carbons (Fsp3) is 0.500. The van der Waals surface area contributed by atoms with E-state index in [1.807, 2.05) is 0 Å². The molecule has 1 aromatic carbocycles. The molecule has 1 aromatic heterocycles. The zero-order valence-corrected chi connectivity index (χ0v) is 17.1. The molecule has 0 bridgehead atoms. The zero-order chi connectivity index (χ0) is 20.6. The molecule has 9 nitrogen and oxygen atoms in total. The summed E-state index contributed by atoms with van der Waals surface area (Å²) >= 11 is 0. The molecular formula is C20H29N7O2. The van der Waals surface area contributed by atoms with E-state index in [0.717, 1.165) is 38.6 Å². The number of nitrogens with zero attached hydrogens (tertiary/aromatic N) is 6. The number of rotatable bonds is 7. The van der Waals surface area contributed by atoms with Gasteiger partial charge in [0.25, 0.3) is 0 Å². The average Bonchev–Trinajstić information content (AvgIpc) is 3.23. The molecule has 0 spiro atoms. The van der Waals surface area contributed by atoms with Crippen LogP contribution in [0.15, 0.2) is 47.7 Å². The molecule has 9 heteroatoms. The molecular weight excluding hydrogens is 370 g/mol. The van der Waals surface area contributed by atoms with Gasteiger partial charge in [0.15, 0.2) is 5.96 Å². The van der Waals surface area contributed by atoms with Gasteiger partial charge in [-0.2, -0.15) is 5.10 Å². The van der Waals surface area contributed by atoms with E-state index in [9.17, 15) is 10.1 Å². The van der Waals surface area contributed by atoms with E-state index in [1.54, 1.807) is 11.7 Å². The van der Waals surface area contributed by atoms with E-state index < -0.39 is 4.92 Å². The van der Waals surface area contributed by atoms with Crippen molar-refractivity contribution in [3.63, 3.8) is 0 Å². The predicted molar refractivity (Wildman–Crippen MR) is 113 cm³/mol. The molecule has 29 heavy (non-hydrogen) atoms. The Bertz CT molecular complexity index is 813. The smallest absolute Gasteiger partial charge is 0.306 e.